The third kappa shape index (κ3) is 5.38. The molecule has 0 radical (unpaired) electrons. The van der Waals surface area contributed by atoms with Crippen LogP contribution < -0.4 is 15.8 Å². The Balaban J connectivity index is 1.87. The second-order valence-electron chi connectivity index (χ2n) is 5.36. The molecule has 3 N–H and O–H groups in total. The Kier molecular flexibility index (Phi) is 6.37. The molecule has 0 spiro atoms. The number of ether oxygens (including phenoxy) is 1. The number of nitrogens with two attached hydrogens (primary N) is 1. The van der Waals surface area contributed by atoms with Crippen LogP contribution in [-0.2, 0) is 22.4 Å². The highest BCUT2D eigenvalue weighted by atomic mass is 79.9. The first kappa shape index (κ1) is 18.0. The number of methoxy groups -OCH3 is 1. The molecule has 2 aromatic rings. The van der Waals surface area contributed by atoms with Crippen LogP contribution in [0.2, 0.25) is 0 Å². The summed E-state index contributed by atoms with van der Waals surface area (Å²) in [6, 6.07) is 12.8. The van der Waals surface area contributed by atoms with Crippen molar-refractivity contribution < 1.29 is 14.3 Å². The van der Waals surface area contributed by atoms with E-state index in [1.807, 2.05) is 18.2 Å². The van der Waals surface area contributed by atoms with E-state index >= 15 is 0 Å². The topological polar surface area (TPSA) is 81.4 Å². The van der Waals surface area contributed by atoms with E-state index in [0.29, 0.717) is 18.5 Å². The number of halogens is 1. The number of amides is 2. The molecular formula is C18H19BrN2O3. The van der Waals surface area contributed by atoms with E-state index in [1.165, 1.54) is 0 Å². The summed E-state index contributed by atoms with van der Waals surface area (Å²) in [5.41, 5.74) is 7.72. The van der Waals surface area contributed by atoms with Gasteiger partial charge in [0.1, 0.15) is 5.75 Å². The lowest BCUT2D eigenvalue weighted by Gasteiger charge is -2.08. The molecule has 0 aliphatic carbocycles. The minimum atomic E-state index is -0.377. The highest BCUT2D eigenvalue weighted by Crippen LogP contribution is 2.26. The maximum absolute atomic E-state index is 12.0. The quantitative estimate of drug-likeness (QED) is 0.761. The van der Waals surface area contributed by atoms with E-state index in [9.17, 15) is 9.59 Å². The van der Waals surface area contributed by atoms with Crippen LogP contribution in [0.3, 0.4) is 0 Å². The molecule has 2 rings (SSSR count). The number of carbonyl (C=O) groups excluding carboxylic acids is 2. The van der Waals surface area contributed by atoms with Crippen molar-refractivity contribution >= 4 is 33.4 Å². The Morgan fingerprint density at radius 3 is 2.38 bits per heavy atom. The second-order valence-corrected chi connectivity index (χ2v) is 6.21. The molecule has 0 aliphatic heterocycles. The summed E-state index contributed by atoms with van der Waals surface area (Å²) in [5, 5.41) is 2.84. The number of hydrogen-bond acceptors (Lipinski definition) is 3. The van der Waals surface area contributed by atoms with Crippen LogP contribution in [-0.4, -0.2) is 18.9 Å². The summed E-state index contributed by atoms with van der Waals surface area (Å²) in [6.07, 6.45) is 1.20. The van der Waals surface area contributed by atoms with Gasteiger partial charge in [0.05, 0.1) is 18.0 Å². The first-order valence-corrected chi connectivity index (χ1v) is 8.26. The van der Waals surface area contributed by atoms with Crippen molar-refractivity contribution in [1.82, 2.24) is 0 Å². The molecule has 24 heavy (non-hydrogen) atoms. The molecule has 0 saturated carbocycles. The Morgan fingerprint density at radius 1 is 1.12 bits per heavy atom. The van der Waals surface area contributed by atoms with Crippen molar-refractivity contribution in [2.24, 2.45) is 5.73 Å². The van der Waals surface area contributed by atoms with Gasteiger partial charge in [-0.05, 0) is 57.7 Å². The number of carbonyl (C=O) groups is 2. The van der Waals surface area contributed by atoms with Gasteiger partial charge in [0.25, 0.3) is 0 Å². The van der Waals surface area contributed by atoms with Crippen molar-refractivity contribution in [2.75, 3.05) is 12.4 Å². The number of anilines is 1. The Bertz CT molecular complexity index is 730. The first-order valence-electron chi connectivity index (χ1n) is 7.47. The van der Waals surface area contributed by atoms with Crippen molar-refractivity contribution in [2.45, 2.75) is 19.3 Å². The summed E-state index contributed by atoms with van der Waals surface area (Å²) in [7, 11) is 1.61. The highest BCUT2D eigenvalue weighted by Gasteiger charge is 2.06. The zero-order chi connectivity index (χ0) is 17.5. The number of hydrogen-bond donors (Lipinski definition) is 2. The SMILES string of the molecule is COc1ccc(CCC(=O)Nc2ccc(CC(N)=O)cc2)cc1Br. The molecule has 0 bridgehead atoms. The number of rotatable bonds is 7. The largest absolute Gasteiger partial charge is 0.496 e. The first-order chi connectivity index (χ1) is 11.5. The Hall–Kier alpha value is -2.34. The second kappa shape index (κ2) is 8.49. The van der Waals surface area contributed by atoms with Crippen molar-refractivity contribution in [3.05, 3.63) is 58.1 Å². The molecule has 2 amide bonds. The highest BCUT2D eigenvalue weighted by molar-refractivity contribution is 9.10. The summed E-state index contributed by atoms with van der Waals surface area (Å²) in [6.45, 7) is 0. The van der Waals surface area contributed by atoms with Crippen LogP contribution in [0.5, 0.6) is 5.75 Å². The molecule has 0 aromatic heterocycles. The minimum absolute atomic E-state index is 0.0652. The molecule has 126 valence electrons. The molecule has 2 aromatic carbocycles. The van der Waals surface area contributed by atoms with Gasteiger partial charge in [0.2, 0.25) is 11.8 Å². The third-order valence-electron chi connectivity index (χ3n) is 3.47. The Morgan fingerprint density at radius 2 is 1.79 bits per heavy atom. The van der Waals surface area contributed by atoms with Crippen molar-refractivity contribution in [1.29, 1.82) is 0 Å². The zero-order valence-corrected chi connectivity index (χ0v) is 14.9. The molecule has 6 heteroatoms. The fourth-order valence-electron chi connectivity index (χ4n) is 2.25. The van der Waals surface area contributed by atoms with E-state index < -0.39 is 0 Å². The minimum Gasteiger partial charge on any atom is -0.496 e. The molecule has 0 fully saturated rings. The fraction of sp³-hybridized carbons (Fsp3) is 0.222. The molecule has 0 atom stereocenters. The Labute approximate surface area is 149 Å². The van der Waals surface area contributed by atoms with E-state index in [4.69, 9.17) is 10.5 Å². The molecular weight excluding hydrogens is 372 g/mol. The predicted molar refractivity (Wildman–Crippen MR) is 97.0 cm³/mol. The number of primary amides is 1. The lowest BCUT2D eigenvalue weighted by atomic mass is 10.1. The number of aryl methyl sites for hydroxylation is 1. The van der Waals surface area contributed by atoms with E-state index in [0.717, 1.165) is 21.3 Å². The van der Waals surface area contributed by atoms with Crippen LogP contribution in [0.4, 0.5) is 5.69 Å². The average molecular weight is 391 g/mol. The molecule has 0 aliphatic rings. The molecule has 0 heterocycles. The maximum Gasteiger partial charge on any atom is 0.224 e. The van der Waals surface area contributed by atoms with Gasteiger partial charge in [-0.25, -0.2) is 0 Å². The maximum atomic E-state index is 12.0. The van der Waals surface area contributed by atoms with E-state index in [1.54, 1.807) is 31.4 Å². The summed E-state index contributed by atoms with van der Waals surface area (Å²) in [5.74, 6) is 0.321. The molecule has 0 saturated heterocycles. The standard InChI is InChI=1S/C18H19BrN2O3/c1-24-16-8-4-12(10-15(16)19)5-9-18(23)21-14-6-2-13(3-7-14)11-17(20)22/h2-4,6-8,10H,5,9,11H2,1H3,(H2,20,22)(H,21,23). The van der Waals surface area contributed by atoms with E-state index in [-0.39, 0.29) is 18.2 Å². The monoisotopic (exact) mass is 390 g/mol. The van der Waals surface area contributed by atoms with Crippen LogP contribution in [0, 0.1) is 0 Å². The summed E-state index contributed by atoms with van der Waals surface area (Å²) < 4.78 is 6.05. The summed E-state index contributed by atoms with van der Waals surface area (Å²) >= 11 is 3.43. The van der Waals surface area contributed by atoms with Crippen LogP contribution in [0.1, 0.15) is 17.5 Å². The predicted octanol–water partition coefficient (Wildman–Crippen LogP) is 3.06. The zero-order valence-electron chi connectivity index (χ0n) is 13.3. The molecule has 0 unspecified atom stereocenters. The van der Waals surface area contributed by atoms with Gasteiger partial charge in [-0.3, -0.25) is 9.59 Å². The molecule has 5 nitrogen and oxygen atoms in total. The van der Waals surface area contributed by atoms with Gasteiger partial charge in [-0.1, -0.05) is 18.2 Å². The van der Waals surface area contributed by atoms with Gasteiger partial charge in [0.15, 0.2) is 0 Å². The average Bonchev–Trinajstić information content (AvgIpc) is 2.54. The van der Waals surface area contributed by atoms with Crippen LogP contribution in [0.25, 0.3) is 0 Å². The third-order valence-corrected chi connectivity index (χ3v) is 4.09. The number of benzene rings is 2. The van der Waals surface area contributed by atoms with Crippen LogP contribution >= 0.6 is 15.9 Å². The van der Waals surface area contributed by atoms with Crippen molar-refractivity contribution in [3.63, 3.8) is 0 Å². The van der Waals surface area contributed by atoms with Crippen LogP contribution in [0.15, 0.2) is 46.9 Å². The van der Waals surface area contributed by atoms with Gasteiger partial charge in [0, 0.05) is 12.1 Å². The van der Waals surface area contributed by atoms with Gasteiger partial charge < -0.3 is 15.8 Å². The normalized spacial score (nSPS) is 10.2. The smallest absolute Gasteiger partial charge is 0.224 e. The lowest BCUT2D eigenvalue weighted by Crippen LogP contribution is -2.14. The van der Waals surface area contributed by atoms with Crippen molar-refractivity contribution in [3.8, 4) is 5.75 Å². The van der Waals surface area contributed by atoms with Gasteiger partial charge in [-0.15, -0.1) is 0 Å². The van der Waals surface area contributed by atoms with Gasteiger partial charge in [-0.2, -0.15) is 0 Å². The lowest BCUT2D eigenvalue weighted by molar-refractivity contribution is -0.117. The summed E-state index contributed by atoms with van der Waals surface area (Å²) in [4.78, 5) is 22.9. The van der Waals surface area contributed by atoms with E-state index in [2.05, 4.69) is 21.2 Å². The van der Waals surface area contributed by atoms with Gasteiger partial charge >= 0.3 is 0 Å². The number of nitrogens with one attached hydrogen (secondary N) is 1. The fourth-order valence-corrected chi connectivity index (χ4v) is 2.84.